The van der Waals surface area contributed by atoms with Gasteiger partial charge in [0.1, 0.15) is 10.0 Å². The van der Waals surface area contributed by atoms with E-state index in [1.807, 2.05) is 17.7 Å². The van der Waals surface area contributed by atoms with Crippen LogP contribution in [0, 0.1) is 13.8 Å². The molecule has 120 valence electrons. The fourth-order valence-electron chi connectivity index (χ4n) is 1.99. The summed E-state index contributed by atoms with van der Waals surface area (Å²) in [4.78, 5) is 16.6. The van der Waals surface area contributed by atoms with Crippen LogP contribution in [0.4, 0.5) is 0 Å². The Balaban J connectivity index is 1.90. The van der Waals surface area contributed by atoms with Crippen molar-refractivity contribution in [2.24, 2.45) is 5.14 Å². The van der Waals surface area contributed by atoms with Gasteiger partial charge in [0.05, 0.1) is 4.88 Å². The number of amides is 1. The van der Waals surface area contributed by atoms with Crippen molar-refractivity contribution in [2.45, 2.75) is 31.0 Å². The Morgan fingerprint density at radius 3 is 2.73 bits per heavy atom. The van der Waals surface area contributed by atoms with Crippen LogP contribution in [-0.2, 0) is 16.6 Å². The first-order chi connectivity index (χ1) is 10.3. The highest BCUT2D eigenvalue weighted by molar-refractivity contribution is 7.91. The fourth-order valence-corrected chi connectivity index (χ4v) is 3.87. The summed E-state index contributed by atoms with van der Waals surface area (Å²) >= 11 is 0.893. The zero-order valence-electron chi connectivity index (χ0n) is 12.4. The second kappa shape index (κ2) is 6.59. The topological polar surface area (TPSA) is 107 Å². The second-order valence-electron chi connectivity index (χ2n) is 4.90. The van der Waals surface area contributed by atoms with Gasteiger partial charge >= 0.3 is 0 Å². The lowest BCUT2D eigenvalue weighted by atomic mass is 10.3. The predicted octanol–water partition coefficient (Wildman–Crippen LogP) is 1.03. The molecule has 0 aliphatic carbocycles. The number of nitrogens with one attached hydrogen (secondary N) is 1. The van der Waals surface area contributed by atoms with Crippen molar-refractivity contribution >= 4 is 27.3 Å². The molecule has 0 fully saturated rings. The molecule has 2 rings (SSSR count). The van der Waals surface area contributed by atoms with Gasteiger partial charge in [0.2, 0.25) is 10.0 Å². The zero-order chi connectivity index (χ0) is 16.3. The third kappa shape index (κ3) is 3.93. The van der Waals surface area contributed by atoms with Crippen molar-refractivity contribution in [3.05, 3.63) is 34.7 Å². The van der Waals surface area contributed by atoms with E-state index in [1.165, 1.54) is 6.07 Å². The maximum atomic E-state index is 12.1. The maximum absolute atomic E-state index is 12.1. The molecule has 2 heterocycles. The zero-order valence-corrected chi connectivity index (χ0v) is 14.0. The number of imidazole rings is 1. The number of primary sulfonamides is 1. The first-order valence-electron chi connectivity index (χ1n) is 6.68. The molecule has 0 spiro atoms. The maximum Gasteiger partial charge on any atom is 0.261 e. The van der Waals surface area contributed by atoms with Gasteiger partial charge in [0.25, 0.3) is 5.91 Å². The number of thiophene rings is 1. The minimum Gasteiger partial charge on any atom is -0.351 e. The highest BCUT2D eigenvalue weighted by Gasteiger charge is 2.18. The lowest BCUT2D eigenvalue weighted by molar-refractivity contribution is 0.0956. The molecular weight excluding hydrogens is 324 g/mol. The Morgan fingerprint density at radius 1 is 1.45 bits per heavy atom. The Labute approximate surface area is 133 Å². The van der Waals surface area contributed by atoms with E-state index in [0.29, 0.717) is 17.0 Å². The van der Waals surface area contributed by atoms with E-state index in [9.17, 15) is 13.2 Å². The molecule has 0 aliphatic heterocycles. The summed E-state index contributed by atoms with van der Waals surface area (Å²) in [6, 6.07) is 1.42. The van der Waals surface area contributed by atoms with Crippen LogP contribution in [0.5, 0.6) is 0 Å². The number of aromatic nitrogens is 2. The molecule has 2 aromatic rings. The Kier molecular flexibility index (Phi) is 4.99. The molecule has 0 unspecified atom stereocenters. The quantitative estimate of drug-likeness (QED) is 0.764. The Hall–Kier alpha value is -1.71. The third-order valence-corrected chi connectivity index (χ3v) is 5.82. The number of nitrogens with zero attached hydrogens (tertiary/aromatic N) is 2. The van der Waals surface area contributed by atoms with Gasteiger partial charge in [-0.25, -0.2) is 18.5 Å². The molecular formula is C13H18N4O3S2. The lowest BCUT2D eigenvalue weighted by Crippen LogP contribution is -2.25. The average molecular weight is 342 g/mol. The van der Waals surface area contributed by atoms with Gasteiger partial charge in [-0.1, -0.05) is 0 Å². The third-order valence-electron chi connectivity index (χ3n) is 3.17. The highest BCUT2D eigenvalue weighted by atomic mass is 32.2. The summed E-state index contributed by atoms with van der Waals surface area (Å²) in [6.07, 6.45) is 4.38. The van der Waals surface area contributed by atoms with Crippen molar-refractivity contribution in [3.63, 3.8) is 0 Å². The summed E-state index contributed by atoms with van der Waals surface area (Å²) in [7, 11) is -3.77. The molecule has 0 saturated carbocycles. The largest absolute Gasteiger partial charge is 0.351 e. The summed E-state index contributed by atoms with van der Waals surface area (Å²) in [5.74, 6) is 0.651. The number of hydrogen-bond donors (Lipinski definition) is 2. The summed E-state index contributed by atoms with van der Waals surface area (Å²) in [5, 5.41) is 7.86. The van der Waals surface area contributed by atoms with Crippen molar-refractivity contribution in [1.82, 2.24) is 14.9 Å². The van der Waals surface area contributed by atoms with Gasteiger partial charge < -0.3 is 9.88 Å². The smallest absolute Gasteiger partial charge is 0.261 e. The van der Waals surface area contributed by atoms with Gasteiger partial charge in [0, 0.05) is 25.5 Å². The van der Waals surface area contributed by atoms with Gasteiger partial charge in [-0.3, -0.25) is 4.79 Å². The SMILES string of the molecule is Cc1cc(S(N)(=O)=O)sc1C(=O)NCCCn1ccnc1C. The van der Waals surface area contributed by atoms with Gasteiger partial charge in [-0.05, 0) is 31.9 Å². The molecule has 0 bridgehead atoms. The van der Waals surface area contributed by atoms with Crippen LogP contribution >= 0.6 is 11.3 Å². The number of nitrogens with two attached hydrogens (primary N) is 1. The predicted molar refractivity (Wildman–Crippen MR) is 84.3 cm³/mol. The molecule has 2 aromatic heterocycles. The number of aryl methyl sites for hydroxylation is 3. The number of carbonyl (C=O) groups excluding carboxylic acids is 1. The minimum atomic E-state index is -3.77. The van der Waals surface area contributed by atoms with Crippen LogP contribution in [0.2, 0.25) is 0 Å². The van der Waals surface area contributed by atoms with E-state index in [-0.39, 0.29) is 10.1 Å². The minimum absolute atomic E-state index is 0.00388. The first-order valence-corrected chi connectivity index (χ1v) is 9.04. The highest BCUT2D eigenvalue weighted by Crippen LogP contribution is 2.24. The lowest BCUT2D eigenvalue weighted by Gasteiger charge is -2.06. The number of carbonyl (C=O) groups is 1. The molecule has 0 aliphatic rings. The fraction of sp³-hybridized carbons (Fsp3) is 0.385. The van der Waals surface area contributed by atoms with Crippen molar-refractivity contribution in [3.8, 4) is 0 Å². The monoisotopic (exact) mass is 342 g/mol. The van der Waals surface area contributed by atoms with Crippen LogP contribution in [0.25, 0.3) is 0 Å². The standard InChI is InChI=1S/C13H18N4O3S2/c1-9-8-11(22(14,19)20)21-12(9)13(18)16-4-3-6-17-7-5-15-10(17)2/h5,7-8H,3-4,6H2,1-2H3,(H,16,18)(H2,14,19,20). The van der Waals surface area contributed by atoms with Gasteiger partial charge in [-0.2, -0.15) is 0 Å². The molecule has 9 heteroatoms. The van der Waals surface area contributed by atoms with Crippen molar-refractivity contribution in [1.29, 1.82) is 0 Å². The van der Waals surface area contributed by atoms with Crippen LogP contribution in [0.1, 0.15) is 27.5 Å². The van der Waals surface area contributed by atoms with E-state index in [0.717, 1.165) is 30.1 Å². The van der Waals surface area contributed by atoms with E-state index < -0.39 is 10.0 Å². The van der Waals surface area contributed by atoms with Crippen LogP contribution < -0.4 is 10.5 Å². The summed E-state index contributed by atoms with van der Waals surface area (Å²) in [6.45, 7) is 4.87. The summed E-state index contributed by atoms with van der Waals surface area (Å²) < 4.78 is 24.6. The first kappa shape index (κ1) is 16.7. The van der Waals surface area contributed by atoms with Crippen molar-refractivity contribution in [2.75, 3.05) is 6.54 Å². The summed E-state index contributed by atoms with van der Waals surface area (Å²) in [5.41, 5.74) is 0.608. The molecule has 1 amide bonds. The van der Waals surface area contributed by atoms with E-state index in [4.69, 9.17) is 5.14 Å². The van der Waals surface area contributed by atoms with Crippen LogP contribution in [0.15, 0.2) is 22.7 Å². The van der Waals surface area contributed by atoms with E-state index in [2.05, 4.69) is 10.3 Å². The number of sulfonamides is 1. The average Bonchev–Trinajstić information content (AvgIpc) is 3.00. The molecule has 0 radical (unpaired) electrons. The van der Waals surface area contributed by atoms with E-state index in [1.54, 1.807) is 13.1 Å². The van der Waals surface area contributed by atoms with Gasteiger partial charge in [-0.15, -0.1) is 11.3 Å². The molecule has 3 N–H and O–H groups in total. The molecule has 7 nitrogen and oxygen atoms in total. The second-order valence-corrected chi connectivity index (χ2v) is 7.74. The molecule has 0 atom stereocenters. The van der Waals surface area contributed by atoms with Crippen LogP contribution in [0.3, 0.4) is 0 Å². The normalized spacial score (nSPS) is 11.6. The Morgan fingerprint density at radius 2 is 2.18 bits per heavy atom. The van der Waals surface area contributed by atoms with Gasteiger partial charge in [0.15, 0.2) is 0 Å². The van der Waals surface area contributed by atoms with E-state index >= 15 is 0 Å². The molecule has 22 heavy (non-hydrogen) atoms. The number of rotatable bonds is 6. The Bertz CT molecular complexity index is 777. The van der Waals surface area contributed by atoms with Crippen LogP contribution in [-0.4, -0.2) is 30.4 Å². The number of hydrogen-bond acceptors (Lipinski definition) is 5. The molecule has 0 aromatic carbocycles. The molecule has 0 saturated heterocycles. The van der Waals surface area contributed by atoms with Crippen molar-refractivity contribution < 1.29 is 13.2 Å².